The highest BCUT2D eigenvalue weighted by molar-refractivity contribution is 5.53. The van der Waals surface area contributed by atoms with Crippen molar-refractivity contribution < 1.29 is 20.1 Å². The summed E-state index contributed by atoms with van der Waals surface area (Å²) in [6, 6.07) is 2.99. The largest absolute Gasteiger partial charge is 0.508 e. The average molecular weight is 306 g/mol. The zero-order valence-corrected chi connectivity index (χ0v) is 13.6. The van der Waals surface area contributed by atoms with Crippen LogP contribution in [0.1, 0.15) is 39.2 Å². The second-order valence-corrected chi connectivity index (χ2v) is 5.56. The zero-order chi connectivity index (χ0) is 16.5. The zero-order valence-electron chi connectivity index (χ0n) is 13.6. The maximum atomic E-state index is 10.2. The van der Waals surface area contributed by atoms with Crippen LogP contribution in [0.2, 0.25) is 0 Å². The van der Waals surface area contributed by atoms with Gasteiger partial charge in [0.2, 0.25) is 0 Å². The van der Waals surface area contributed by atoms with Gasteiger partial charge in [0.15, 0.2) is 11.5 Å². The lowest BCUT2D eigenvalue weighted by molar-refractivity contribution is 0.196. The molecule has 0 saturated carbocycles. The maximum Gasteiger partial charge on any atom is 0.164 e. The molecule has 22 heavy (non-hydrogen) atoms. The third-order valence-corrected chi connectivity index (χ3v) is 3.32. The Kier molecular flexibility index (Phi) is 7.54. The molecule has 1 aromatic rings. The first kappa shape index (κ1) is 18.1. The predicted molar refractivity (Wildman–Crippen MR) is 88.5 cm³/mol. The van der Waals surface area contributed by atoms with E-state index in [1.165, 1.54) is 23.3 Å². The normalized spacial score (nSPS) is 11.4. The van der Waals surface area contributed by atoms with Gasteiger partial charge in [0, 0.05) is 5.56 Å². The number of aliphatic hydroxyl groups is 1. The lowest BCUT2D eigenvalue weighted by Crippen LogP contribution is -2.02. The number of benzene rings is 1. The second kappa shape index (κ2) is 9.15. The van der Waals surface area contributed by atoms with Gasteiger partial charge >= 0.3 is 0 Å². The van der Waals surface area contributed by atoms with E-state index in [1.807, 2.05) is 13.0 Å². The Morgan fingerprint density at radius 1 is 1.14 bits per heavy atom. The van der Waals surface area contributed by atoms with E-state index >= 15 is 0 Å². The van der Waals surface area contributed by atoms with Gasteiger partial charge in [-0.25, -0.2) is 0 Å². The smallest absolute Gasteiger partial charge is 0.164 e. The molecule has 0 aliphatic rings. The van der Waals surface area contributed by atoms with E-state index < -0.39 is 0 Å². The fraction of sp³-hybridized carbons (Fsp3) is 0.444. The first-order valence-corrected chi connectivity index (χ1v) is 7.52. The van der Waals surface area contributed by atoms with Gasteiger partial charge in [-0.1, -0.05) is 23.3 Å². The number of hydrogen-bond donors (Lipinski definition) is 3. The second-order valence-electron chi connectivity index (χ2n) is 5.56. The van der Waals surface area contributed by atoms with Gasteiger partial charge in [-0.05, 0) is 52.2 Å². The summed E-state index contributed by atoms with van der Waals surface area (Å²) in [6.45, 7) is 6.17. The van der Waals surface area contributed by atoms with Gasteiger partial charge < -0.3 is 20.1 Å². The van der Waals surface area contributed by atoms with Crippen LogP contribution in [-0.2, 0) is 6.42 Å². The number of aromatic hydroxyl groups is 2. The van der Waals surface area contributed by atoms with Gasteiger partial charge in [-0.15, -0.1) is 0 Å². The molecule has 4 heteroatoms. The van der Waals surface area contributed by atoms with E-state index in [1.54, 1.807) is 0 Å². The first-order chi connectivity index (χ1) is 10.5. The van der Waals surface area contributed by atoms with Crippen molar-refractivity contribution in [3.05, 3.63) is 41.0 Å². The van der Waals surface area contributed by atoms with E-state index in [-0.39, 0.29) is 30.5 Å². The summed E-state index contributed by atoms with van der Waals surface area (Å²) in [7, 11) is 0. The van der Waals surface area contributed by atoms with E-state index in [9.17, 15) is 10.2 Å². The Balaban J connectivity index is 2.77. The molecular formula is C18H26O4. The van der Waals surface area contributed by atoms with Crippen molar-refractivity contribution in [2.24, 2.45) is 0 Å². The Morgan fingerprint density at radius 3 is 2.50 bits per heavy atom. The SMILES string of the molecule is CC(C)=CCC/C(C)=C/Cc1c(O)ccc(OCCO)c1O. The molecule has 0 spiro atoms. The van der Waals surface area contributed by atoms with Crippen LogP contribution in [0.5, 0.6) is 17.2 Å². The van der Waals surface area contributed by atoms with E-state index in [0.29, 0.717) is 12.0 Å². The monoisotopic (exact) mass is 306 g/mol. The van der Waals surface area contributed by atoms with E-state index in [2.05, 4.69) is 19.9 Å². The summed E-state index contributed by atoms with van der Waals surface area (Å²) in [5, 5.41) is 28.8. The minimum absolute atomic E-state index is 0.0437. The lowest BCUT2D eigenvalue weighted by atomic mass is 10.0. The van der Waals surface area contributed by atoms with Crippen molar-refractivity contribution in [2.45, 2.75) is 40.0 Å². The predicted octanol–water partition coefficient (Wildman–Crippen LogP) is 3.70. The molecule has 122 valence electrons. The molecule has 0 unspecified atom stereocenters. The van der Waals surface area contributed by atoms with Crippen LogP contribution in [0.15, 0.2) is 35.4 Å². The number of allylic oxidation sites excluding steroid dienone is 4. The molecule has 0 heterocycles. The summed E-state index contributed by atoms with van der Waals surface area (Å²) >= 11 is 0. The molecule has 1 rings (SSSR count). The highest BCUT2D eigenvalue weighted by Gasteiger charge is 2.12. The molecule has 4 nitrogen and oxygen atoms in total. The fourth-order valence-electron chi connectivity index (χ4n) is 2.04. The van der Waals surface area contributed by atoms with Crippen molar-refractivity contribution in [3.8, 4) is 17.2 Å². The van der Waals surface area contributed by atoms with Crippen LogP contribution in [-0.4, -0.2) is 28.5 Å². The van der Waals surface area contributed by atoms with Crippen LogP contribution >= 0.6 is 0 Å². The van der Waals surface area contributed by atoms with Crippen molar-refractivity contribution >= 4 is 0 Å². The van der Waals surface area contributed by atoms with E-state index in [0.717, 1.165) is 12.8 Å². The number of ether oxygens (including phenoxy) is 1. The quantitative estimate of drug-likeness (QED) is 0.640. The number of hydrogen-bond acceptors (Lipinski definition) is 4. The topological polar surface area (TPSA) is 69.9 Å². The summed E-state index contributed by atoms with van der Waals surface area (Å²) in [5.74, 6) is 0.251. The molecule has 0 radical (unpaired) electrons. The molecule has 0 bridgehead atoms. The van der Waals surface area contributed by atoms with Crippen LogP contribution in [0, 0.1) is 0 Å². The minimum atomic E-state index is -0.126. The molecule has 0 amide bonds. The van der Waals surface area contributed by atoms with Gasteiger partial charge in [0.05, 0.1) is 6.61 Å². The molecule has 0 fully saturated rings. The van der Waals surface area contributed by atoms with Crippen molar-refractivity contribution in [3.63, 3.8) is 0 Å². The van der Waals surface area contributed by atoms with Gasteiger partial charge in [0.1, 0.15) is 12.4 Å². The number of rotatable bonds is 8. The molecule has 0 aliphatic heterocycles. The summed E-state index contributed by atoms with van der Waals surface area (Å²) in [4.78, 5) is 0. The lowest BCUT2D eigenvalue weighted by Gasteiger charge is -2.11. The standard InChI is InChI=1S/C18H26O4/c1-13(2)5-4-6-14(3)7-8-15-16(20)9-10-17(18(15)21)22-12-11-19/h5,7,9-10,19-21H,4,6,8,11-12H2,1-3H3/b14-7+. The third kappa shape index (κ3) is 5.82. The highest BCUT2D eigenvalue weighted by Crippen LogP contribution is 2.36. The first-order valence-electron chi connectivity index (χ1n) is 7.52. The molecule has 0 atom stereocenters. The van der Waals surface area contributed by atoms with Crippen molar-refractivity contribution in [2.75, 3.05) is 13.2 Å². The van der Waals surface area contributed by atoms with Crippen LogP contribution < -0.4 is 4.74 Å². The molecule has 0 saturated heterocycles. The van der Waals surface area contributed by atoms with Crippen molar-refractivity contribution in [1.82, 2.24) is 0 Å². The Morgan fingerprint density at radius 2 is 1.86 bits per heavy atom. The number of phenols is 2. The summed E-state index contributed by atoms with van der Waals surface area (Å²) in [5.41, 5.74) is 2.95. The van der Waals surface area contributed by atoms with Gasteiger partial charge in [-0.3, -0.25) is 0 Å². The van der Waals surface area contributed by atoms with Crippen molar-refractivity contribution in [1.29, 1.82) is 0 Å². The van der Waals surface area contributed by atoms with Gasteiger partial charge in [0.25, 0.3) is 0 Å². The number of aliphatic hydroxyl groups excluding tert-OH is 1. The molecule has 1 aromatic carbocycles. The van der Waals surface area contributed by atoms with Gasteiger partial charge in [-0.2, -0.15) is 0 Å². The number of phenolic OH excluding ortho intramolecular Hbond substituents is 2. The summed E-state index contributed by atoms with van der Waals surface area (Å²) in [6.07, 6.45) is 6.57. The molecule has 3 N–H and O–H groups in total. The fourth-order valence-corrected chi connectivity index (χ4v) is 2.04. The Labute approximate surface area is 132 Å². The van der Waals surface area contributed by atoms with E-state index in [4.69, 9.17) is 9.84 Å². The van der Waals surface area contributed by atoms with Crippen LogP contribution in [0.3, 0.4) is 0 Å². The molecule has 0 aromatic heterocycles. The Bertz CT molecular complexity index is 540. The average Bonchev–Trinajstić information content (AvgIpc) is 2.46. The molecular weight excluding hydrogens is 280 g/mol. The third-order valence-electron chi connectivity index (χ3n) is 3.32. The maximum absolute atomic E-state index is 10.2. The van der Waals surface area contributed by atoms with Crippen LogP contribution in [0.25, 0.3) is 0 Å². The summed E-state index contributed by atoms with van der Waals surface area (Å²) < 4.78 is 5.24. The Hall–Kier alpha value is -1.94. The van der Waals surface area contributed by atoms with Crippen LogP contribution in [0.4, 0.5) is 0 Å². The molecule has 0 aliphatic carbocycles. The highest BCUT2D eigenvalue weighted by atomic mass is 16.5. The minimum Gasteiger partial charge on any atom is -0.508 e.